The van der Waals surface area contributed by atoms with Crippen molar-refractivity contribution in [1.82, 2.24) is 0 Å². The number of benzene rings is 3. The third kappa shape index (κ3) is 16.1. The molecule has 0 spiro atoms. The second-order valence-electron chi connectivity index (χ2n) is 12.8. The first-order valence-corrected chi connectivity index (χ1v) is 16.9. The minimum Gasteiger partial charge on any atom is -0.0854 e. The highest BCUT2D eigenvalue weighted by Crippen LogP contribution is 2.29. The van der Waals surface area contributed by atoms with E-state index in [9.17, 15) is 0 Å². The standard InChI is InChI=1S/C10H14.2C9H12.C7H14.C7H12/c1-3-6-10-8-5-4-7-9(10)2;2*1-3-9-7-5-4-6-8(9)2;2*1-6-3-4-7(2)5-6/h4-5,7-8H,3,6H2,1-2H3;2*4-7H,3H2,1-2H3;6-7H,3-5H2,1-2H3;3-4,6-7H,5H2,1-2H3. The number of rotatable bonds is 4. The van der Waals surface area contributed by atoms with Crippen molar-refractivity contribution in [2.24, 2.45) is 23.7 Å². The normalized spacial score (nSPS) is 20.0. The van der Waals surface area contributed by atoms with E-state index in [0.29, 0.717) is 0 Å². The topological polar surface area (TPSA) is 0 Å². The van der Waals surface area contributed by atoms with Crippen molar-refractivity contribution >= 4 is 0 Å². The van der Waals surface area contributed by atoms with Crippen molar-refractivity contribution in [2.45, 2.75) is 121 Å². The lowest BCUT2D eigenvalue weighted by atomic mass is 10.1. The molecule has 232 valence electrons. The highest BCUT2D eigenvalue weighted by Gasteiger charge is 2.16. The summed E-state index contributed by atoms with van der Waals surface area (Å²) in [5.74, 6) is 3.73. The van der Waals surface area contributed by atoms with Crippen LogP contribution in [-0.2, 0) is 19.3 Å². The van der Waals surface area contributed by atoms with Gasteiger partial charge in [0, 0.05) is 0 Å². The zero-order chi connectivity index (χ0) is 31.3. The third-order valence-corrected chi connectivity index (χ3v) is 8.53. The summed E-state index contributed by atoms with van der Waals surface area (Å²) in [6.45, 7) is 22.3. The van der Waals surface area contributed by atoms with Gasteiger partial charge in [-0.1, -0.05) is 153 Å². The summed E-state index contributed by atoms with van der Waals surface area (Å²) in [5.41, 5.74) is 8.63. The summed E-state index contributed by atoms with van der Waals surface area (Å²) in [6, 6.07) is 25.6. The smallest absolute Gasteiger partial charge is 0.0256 e. The van der Waals surface area contributed by atoms with Crippen molar-refractivity contribution in [3.8, 4) is 0 Å². The number of allylic oxidation sites excluding steroid dienone is 2. The van der Waals surface area contributed by atoms with Crippen molar-refractivity contribution in [3.63, 3.8) is 0 Å². The van der Waals surface area contributed by atoms with E-state index in [2.05, 4.69) is 154 Å². The van der Waals surface area contributed by atoms with Crippen LogP contribution >= 0.6 is 0 Å². The predicted molar refractivity (Wildman–Crippen MR) is 191 cm³/mol. The fourth-order valence-electron chi connectivity index (χ4n) is 5.79. The van der Waals surface area contributed by atoms with Gasteiger partial charge in [-0.15, -0.1) is 0 Å². The van der Waals surface area contributed by atoms with Crippen LogP contribution in [0.1, 0.15) is 114 Å². The molecule has 2 aliphatic carbocycles. The van der Waals surface area contributed by atoms with E-state index in [1.54, 1.807) is 0 Å². The minimum atomic E-state index is 0.843. The van der Waals surface area contributed by atoms with Crippen molar-refractivity contribution in [1.29, 1.82) is 0 Å². The Bertz CT molecular complexity index is 1060. The lowest BCUT2D eigenvalue weighted by Crippen LogP contribution is -1.86. The van der Waals surface area contributed by atoms with Gasteiger partial charge in [-0.3, -0.25) is 0 Å². The fraction of sp³-hybridized carbons (Fsp3) is 0.524. The lowest BCUT2D eigenvalue weighted by molar-refractivity contribution is 0.555. The van der Waals surface area contributed by atoms with Crippen LogP contribution in [0, 0.1) is 44.4 Å². The van der Waals surface area contributed by atoms with Crippen LogP contribution in [0.15, 0.2) is 84.9 Å². The molecule has 5 rings (SSSR count). The SMILES string of the molecule is CC1C=CC(C)C1.CC1CCC(C)C1.CCCc1ccccc1C.CCc1ccccc1C.CCc1ccccc1C. The molecule has 0 saturated heterocycles. The molecule has 4 unspecified atom stereocenters. The highest BCUT2D eigenvalue weighted by atomic mass is 14.2. The molecule has 0 nitrogen and oxygen atoms in total. The Morgan fingerprint density at radius 3 is 1.07 bits per heavy atom. The van der Waals surface area contributed by atoms with Crippen LogP contribution < -0.4 is 0 Å². The quantitative estimate of drug-likeness (QED) is 0.275. The summed E-state index contributed by atoms with van der Waals surface area (Å²) in [5, 5.41) is 0. The third-order valence-electron chi connectivity index (χ3n) is 8.53. The van der Waals surface area contributed by atoms with Gasteiger partial charge >= 0.3 is 0 Å². The Morgan fingerprint density at radius 2 is 0.857 bits per heavy atom. The lowest BCUT2D eigenvalue weighted by Gasteiger charge is -2.01. The second-order valence-corrected chi connectivity index (χ2v) is 12.8. The first-order valence-electron chi connectivity index (χ1n) is 16.9. The Morgan fingerprint density at radius 1 is 0.500 bits per heavy atom. The van der Waals surface area contributed by atoms with E-state index in [1.165, 1.54) is 71.9 Å². The van der Waals surface area contributed by atoms with Gasteiger partial charge in [0.1, 0.15) is 0 Å². The fourth-order valence-corrected chi connectivity index (χ4v) is 5.79. The molecule has 3 aromatic carbocycles. The summed E-state index contributed by atoms with van der Waals surface area (Å²) in [6.07, 6.45) is 15.1. The van der Waals surface area contributed by atoms with Gasteiger partial charge < -0.3 is 0 Å². The molecule has 2 aliphatic rings. The van der Waals surface area contributed by atoms with Crippen LogP contribution in [0.3, 0.4) is 0 Å². The van der Waals surface area contributed by atoms with Gasteiger partial charge in [-0.25, -0.2) is 0 Å². The molecule has 0 amide bonds. The molecule has 1 saturated carbocycles. The molecule has 0 radical (unpaired) electrons. The maximum atomic E-state index is 2.35. The molecule has 0 aromatic heterocycles. The largest absolute Gasteiger partial charge is 0.0854 e. The first kappa shape index (κ1) is 37.4. The van der Waals surface area contributed by atoms with Gasteiger partial charge in [-0.05, 0) is 110 Å². The highest BCUT2D eigenvalue weighted by molar-refractivity contribution is 5.26. The molecule has 0 heteroatoms. The molecular weight excluding hydrogens is 504 g/mol. The van der Waals surface area contributed by atoms with Crippen molar-refractivity contribution < 1.29 is 0 Å². The van der Waals surface area contributed by atoms with Gasteiger partial charge in [0.15, 0.2) is 0 Å². The molecular formula is C42H64. The van der Waals surface area contributed by atoms with Crippen molar-refractivity contribution in [3.05, 3.63) is 118 Å². The Hall–Kier alpha value is -2.60. The Labute approximate surface area is 262 Å². The molecule has 4 atom stereocenters. The number of hydrogen-bond acceptors (Lipinski definition) is 0. The van der Waals surface area contributed by atoms with E-state index < -0.39 is 0 Å². The number of hydrogen-bond donors (Lipinski definition) is 0. The average molecular weight is 569 g/mol. The van der Waals surface area contributed by atoms with Crippen molar-refractivity contribution in [2.75, 3.05) is 0 Å². The second kappa shape index (κ2) is 22.0. The molecule has 0 heterocycles. The molecule has 0 bridgehead atoms. The number of aryl methyl sites for hydroxylation is 6. The van der Waals surface area contributed by atoms with E-state index in [1.807, 2.05) is 0 Å². The molecule has 3 aromatic rings. The van der Waals surface area contributed by atoms with Crippen LogP contribution in [0.2, 0.25) is 0 Å². The summed E-state index contributed by atoms with van der Waals surface area (Å²) < 4.78 is 0. The van der Waals surface area contributed by atoms with Gasteiger partial charge in [0.25, 0.3) is 0 Å². The van der Waals surface area contributed by atoms with Gasteiger partial charge in [-0.2, -0.15) is 0 Å². The first-order chi connectivity index (χ1) is 20.1. The Balaban J connectivity index is 0.000000264. The monoisotopic (exact) mass is 569 g/mol. The summed E-state index contributed by atoms with van der Waals surface area (Å²) in [4.78, 5) is 0. The van der Waals surface area contributed by atoms with E-state index in [0.717, 1.165) is 36.5 Å². The maximum absolute atomic E-state index is 2.35. The summed E-state index contributed by atoms with van der Waals surface area (Å²) in [7, 11) is 0. The average Bonchev–Trinajstić information content (AvgIpc) is 3.56. The van der Waals surface area contributed by atoms with E-state index in [4.69, 9.17) is 0 Å². The van der Waals surface area contributed by atoms with Gasteiger partial charge in [0.2, 0.25) is 0 Å². The van der Waals surface area contributed by atoms with E-state index in [-0.39, 0.29) is 0 Å². The Kier molecular flexibility index (Phi) is 19.6. The van der Waals surface area contributed by atoms with E-state index >= 15 is 0 Å². The molecule has 42 heavy (non-hydrogen) atoms. The molecule has 0 N–H and O–H groups in total. The zero-order valence-corrected chi connectivity index (χ0v) is 29.0. The van der Waals surface area contributed by atoms with Crippen LogP contribution in [0.4, 0.5) is 0 Å². The van der Waals surface area contributed by atoms with Crippen LogP contribution in [-0.4, -0.2) is 0 Å². The zero-order valence-electron chi connectivity index (χ0n) is 29.0. The summed E-state index contributed by atoms with van der Waals surface area (Å²) >= 11 is 0. The predicted octanol–water partition coefficient (Wildman–Crippen LogP) is 12.7. The van der Waals surface area contributed by atoms with Gasteiger partial charge in [0.05, 0.1) is 0 Å². The van der Waals surface area contributed by atoms with Crippen LogP contribution in [0.25, 0.3) is 0 Å². The maximum Gasteiger partial charge on any atom is -0.0256 e. The molecule has 0 aliphatic heterocycles. The van der Waals surface area contributed by atoms with Crippen LogP contribution in [0.5, 0.6) is 0 Å². The minimum absolute atomic E-state index is 0.843. The molecule has 1 fully saturated rings.